The summed E-state index contributed by atoms with van der Waals surface area (Å²) in [6.45, 7) is 4.57. The minimum Gasteiger partial charge on any atom is -0.343 e. The van der Waals surface area contributed by atoms with Gasteiger partial charge in [0.05, 0.1) is 0 Å². The monoisotopic (exact) mass is 279 g/mol. The van der Waals surface area contributed by atoms with Crippen LogP contribution in [0.4, 0.5) is 0 Å². The lowest BCUT2D eigenvalue weighted by Crippen LogP contribution is -2.47. The van der Waals surface area contributed by atoms with E-state index < -0.39 is 0 Å². The molecule has 0 unspecified atom stereocenters. The number of piperidine rings is 1. The van der Waals surface area contributed by atoms with Crippen molar-refractivity contribution in [3.63, 3.8) is 0 Å². The van der Waals surface area contributed by atoms with Crippen LogP contribution in [0.5, 0.6) is 0 Å². The van der Waals surface area contributed by atoms with Gasteiger partial charge in [0.1, 0.15) is 0 Å². The van der Waals surface area contributed by atoms with Crippen LogP contribution in [0.25, 0.3) is 0 Å². The predicted molar refractivity (Wildman–Crippen MR) is 76.1 cm³/mol. The van der Waals surface area contributed by atoms with Gasteiger partial charge in [0.15, 0.2) is 0 Å². The Morgan fingerprint density at radius 3 is 3.00 bits per heavy atom. The maximum absolute atomic E-state index is 12.4. The Labute approximate surface area is 120 Å². The summed E-state index contributed by atoms with van der Waals surface area (Å²) in [6, 6.07) is 0.398. The van der Waals surface area contributed by atoms with Crippen molar-refractivity contribution in [1.29, 1.82) is 0 Å². The number of amides is 2. The van der Waals surface area contributed by atoms with Gasteiger partial charge in [0.2, 0.25) is 11.8 Å². The second-order valence-electron chi connectivity index (χ2n) is 6.39. The number of rotatable bonds is 4. The van der Waals surface area contributed by atoms with E-state index in [1.54, 1.807) is 0 Å². The molecule has 5 heteroatoms. The summed E-state index contributed by atoms with van der Waals surface area (Å²) in [5, 5.41) is 3.45. The third-order valence-corrected chi connectivity index (χ3v) is 4.93. The highest BCUT2D eigenvalue weighted by atomic mass is 16.2. The number of hydrogen-bond donors (Lipinski definition) is 1. The fourth-order valence-electron chi connectivity index (χ4n) is 3.75. The van der Waals surface area contributed by atoms with Crippen molar-refractivity contribution in [2.24, 2.45) is 5.92 Å². The number of nitrogens with zero attached hydrogens (tertiary/aromatic N) is 2. The van der Waals surface area contributed by atoms with E-state index in [1.807, 2.05) is 4.90 Å². The first-order valence-electron chi connectivity index (χ1n) is 8.02. The van der Waals surface area contributed by atoms with Crippen molar-refractivity contribution in [1.82, 2.24) is 15.1 Å². The van der Waals surface area contributed by atoms with Crippen LogP contribution in [0.2, 0.25) is 0 Å². The molecule has 2 amide bonds. The Morgan fingerprint density at radius 1 is 1.30 bits per heavy atom. The molecule has 4 fully saturated rings. The molecule has 0 aromatic carbocycles. The molecule has 4 aliphatic rings. The maximum Gasteiger partial charge on any atom is 0.222 e. The van der Waals surface area contributed by atoms with Gasteiger partial charge in [-0.05, 0) is 38.1 Å². The highest BCUT2D eigenvalue weighted by Crippen LogP contribution is 2.25. The smallest absolute Gasteiger partial charge is 0.222 e. The third kappa shape index (κ3) is 2.97. The molecule has 1 N–H and O–H groups in total. The summed E-state index contributed by atoms with van der Waals surface area (Å²) in [5.41, 5.74) is 0. The summed E-state index contributed by atoms with van der Waals surface area (Å²) >= 11 is 0. The molecule has 112 valence electrons. The van der Waals surface area contributed by atoms with E-state index in [0.717, 1.165) is 52.0 Å². The molecule has 5 nitrogen and oxygen atoms in total. The van der Waals surface area contributed by atoms with Crippen molar-refractivity contribution in [2.75, 3.05) is 32.7 Å². The molecule has 0 aromatic rings. The largest absolute Gasteiger partial charge is 0.343 e. The van der Waals surface area contributed by atoms with Crippen molar-refractivity contribution < 1.29 is 9.59 Å². The fourth-order valence-corrected chi connectivity index (χ4v) is 3.75. The molecule has 4 rings (SSSR count). The number of fused-ring (bicyclic) bond motifs is 4. The Kier molecular flexibility index (Phi) is 4.24. The zero-order valence-corrected chi connectivity index (χ0v) is 12.1. The van der Waals surface area contributed by atoms with Crippen LogP contribution in [-0.4, -0.2) is 60.4 Å². The van der Waals surface area contributed by atoms with Gasteiger partial charge in [-0.1, -0.05) is 0 Å². The van der Waals surface area contributed by atoms with E-state index in [2.05, 4.69) is 10.2 Å². The molecule has 0 aromatic heterocycles. The molecule has 0 aliphatic carbocycles. The van der Waals surface area contributed by atoms with Gasteiger partial charge in [-0.15, -0.1) is 0 Å². The van der Waals surface area contributed by atoms with E-state index in [-0.39, 0.29) is 11.8 Å². The van der Waals surface area contributed by atoms with Gasteiger partial charge in [-0.3, -0.25) is 9.59 Å². The van der Waals surface area contributed by atoms with E-state index in [9.17, 15) is 9.59 Å². The second-order valence-corrected chi connectivity index (χ2v) is 6.39. The number of carbonyl (C=O) groups excluding carboxylic acids is 2. The molecule has 0 spiro atoms. The quantitative estimate of drug-likeness (QED) is 0.820. The summed E-state index contributed by atoms with van der Waals surface area (Å²) in [7, 11) is 0. The lowest BCUT2D eigenvalue weighted by molar-refractivity contribution is -0.136. The summed E-state index contributed by atoms with van der Waals surface area (Å²) < 4.78 is 0. The molecule has 20 heavy (non-hydrogen) atoms. The molecular formula is C15H25N3O2. The van der Waals surface area contributed by atoms with E-state index in [0.29, 0.717) is 24.8 Å². The molecule has 4 aliphatic heterocycles. The molecule has 4 saturated heterocycles. The first kappa shape index (κ1) is 13.9. The fraction of sp³-hybridized carbons (Fsp3) is 0.867. The van der Waals surface area contributed by atoms with Crippen LogP contribution in [0.3, 0.4) is 0 Å². The molecular weight excluding hydrogens is 254 g/mol. The Bertz CT molecular complexity index is 381. The zero-order chi connectivity index (χ0) is 13.9. The van der Waals surface area contributed by atoms with Gasteiger partial charge in [0, 0.05) is 45.1 Å². The SMILES string of the molecule is O=C1CCCN1CCCC(=O)N1C[C@@H]2CC[C@H]1CNC2. The standard InChI is InChI=1S/C15H25N3O2/c19-14-3-1-7-17(14)8-2-4-15(20)18-11-12-5-6-13(18)10-16-9-12/h12-13,16H,1-11H2/t12-,13+/m1/s1. The number of carbonyl (C=O) groups is 2. The van der Waals surface area contributed by atoms with E-state index in [4.69, 9.17) is 0 Å². The highest BCUT2D eigenvalue weighted by molar-refractivity contribution is 5.78. The minimum absolute atomic E-state index is 0.260. The van der Waals surface area contributed by atoms with Crippen LogP contribution in [0.1, 0.15) is 38.5 Å². The third-order valence-electron chi connectivity index (χ3n) is 4.93. The van der Waals surface area contributed by atoms with Gasteiger partial charge in [-0.25, -0.2) is 0 Å². The van der Waals surface area contributed by atoms with Gasteiger partial charge in [0.25, 0.3) is 0 Å². The Morgan fingerprint density at radius 2 is 2.20 bits per heavy atom. The van der Waals surface area contributed by atoms with Crippen molar-refractivity contribution >= 4 is 11.8 Å². The summed E-state index contributed by atoms with van der Waals surface area (Å²) in [4.78, 5) is 27.9. The first-order chi connectivity index (χ1) is 9.74. The minimum atomic E-state index is 0.260. The molecule has 2 atom stereocenters. The average Bonchev–Trinajstić information content (AvgIpc) is 2.68. The topological polar surface area (TPSA) is 52.7 Å². The van der Waals surface area contributed by atoms with Crippen LogP contribution in [0.15, 0.2) is 0 Å². The number of nitrogens with one attached hydrogen (secondary N) is 1. The zero-order valence-electron chi connectivity index (χ0n) is 12.1. The summed E-state index contributed by atoms with van der Waals surface area (Å²) in [5.74, 6) is 1.18. The lowest BCUT2D eigenvalue weighted by Gasteiger charge is -2.36. The van der Waals surface area contributed by atoms with E-state index in [1.165, 1.54) is 6.42 Å². The highest BCUT2D eigenvalue weighted by Gasteiger charge is 2.33. The average molecular weight is 279 g/mol. The summed E-state index contributed by atoms with van der Waals surface area (Å²) in [6.07, 6.45) is 5.47. The predicted octanol–water partition coefficient (Wildman–Crippen LogP) is 0.599. The second kappa shape index (κ2) is 6.12. The molecule has 0 radical (unpaired) electrons. The molecule has 2 bridgehead atoms. The Balaban J connectivity index is 1.45. The van der Waals surface area contributed by atoms with Crippen LogP contribution < -0.4 is 5.32 Å². The van der Waals surface area contributed by atoms with Crippen molar-refractivity contribution in [3.8, 4) is 0 Å². The maximum atomic E-state index is 12.4. The van der Waals surface area contributed by atoms with Crippen LogP contribution >= 0.6 is 0 Å². The first-order valence-corrected chi connectivity index (χ1v) is 8.02. The van der Waals surface area contributed by atoms with E-state index >= 15 is 0 Å². The number of likely N-dealkylation sites (tertiary alicyclic amines) is 1. The lowest BCUT2D eigenvalue weighted by atomic mass is 9.94. The normalized spacial score (nSPS) is 29.9. The van der Waals surface area contributed by atoms with Gasteiger partial charge < -0.3 is 15.1 Å². The van der Waals surface area contributed by atoms with Crippen LogP contribution in [0, 0.1) is 5.92 Å². The van der Waals surface area contributed by atoms with Crippen molar-refractivity contribution in [3.05, 3.63) is 0 Å². The Hall–Kier alpha value is -1.10. The molecule has 0 saturated carbocycles. The van der Waals surface area contributed by atoms with Crippen molar-refractivity contribution in [2.45, 2.75) is 44.6 Å². The number of hydrogen-bond acceptors (Lipinski definition) is 3. The van der Waals surface area contributed by atoms with Gasteiger partial charge >= 0.3 is 0 Å². The van der Waals surface area contributed by atoms with Crippen LogP contribution in [-0.2, 0) is 9.59 Å². The molecule has 4 heterocycles. The van der Waals surface area contributed by atoms with Gasteiger partial charge in [-0.2, -0.15) is 0 Å².